The van der Waals surface area contributed by atoms with E-state index in [2.05, 4.69) is 18.9 Å². The highest BCUT2D eigenvalue weighted by atomic mass is 16.6. The molecule has 0 aromatic heterocycles. The van der Waals surface area contributed by atoms with Gasteiger partial charge in [-0.05, 0) is 12.8 Å². The lowest BCUT2D eigenvalue weighted by molar-refractivity contribution is -0.898. The maximum absolute atomic E-state index is 5.04. The Morgan fingerprint density at radius 2 is 2.27 bits per heavy atom. The molecule has 0 bridgehead atoms. The van der Waals surface area contributed by atoms with Crippen LogP contribution in [-0.2, 0) is 4.84 Å². The first-order chi connectivity index (χ1) is 5.14. The molecule has 0 aromatic rings. The Hall–Kier alpha value is -0.120. The third-order valence-corrected chi connectivity index (χ3v) is 2.46. The van der Waals surface area contributed by atoms with Crippen LogP contribution < -0.4 is 5.90 Å². The van der Waals surface area contributed by atoms with Gasteiger partial charge in [0.05, 0.1) is 33.8 Å². The van der Waals surface area contributed by atoms with E-state index in [-0.39, 0.29) is 0 Å². The molecular weight excluding hydrogens is 140 g/mol. The molecule has 1 atom stereocenters. The molecule has 0 aromatic carbocycles. The summed E-state index contributed by atoms with van der Waals surface area (Å²) < 4.78 is 1.12. The van der Waals surface area contributed by atoms with Crippen molar-refractivity contribution in [1.82, 2.24) is 0 Å². The van der Waals surface area contributed by atoms with Crippen molar-refractivity contribution in [1.29, 1.82) is 0 Å². The fourth-order valence-corrected chi connectivity index (χ4v) is 1.96. The number of piperidine rings is 1. The summed E-state index contributed by atoms with van der Waals surface area (Å²) in [7, 11) is 4.53. The number of nitrogens with zero attached hydrogens (tertiary/aromatic N) is 1. The fraction of sp³-hybridized carbons (Fsp3) is 1.00. The molecule has 1 fully saturated rings. The highest BCUT2D eigenvalue weighted by Gasteiger charge is 2.26. The van der Waals surface area contributed by atoms with E-state index in [9.17, 15) is 0 Å². The van der Waals surface area contributed by atoms with Crippen LogP contribution in [0.2, 0.25) is 0 Å². The zero-order valence-electron chi connectivity index (χ0n) is 7.55. The number of quaternary nitrogens is 1. The summed E-state index contributed by atoms with van der Waals surface area (Å²) >= 11 is 0. The van der Waals surface area contributed by atoms with Crippen LogP contribution in [0.1, 0.15) is 12.8 Å². The molecule has 1 rings (SSSR count). The zero-order valence-corrected chi connectivity index (χ0v) is 7.55. The number of likely N-dealkylation sites (tertiary alicyclic amines) is 1. The Balaban J connectivity index is 2.34. The first kappa shape index (κ1) is 8.97. The minimum Gasteiger partial charge on any atom is -0.328 e. The molecule has 11 heavy (non-hydrogen) atoms. The second-order valence-electron chi connectivity index (χ2n) is 4.18. The van der Waals surface area contributed by atoms with Gasteiger partial charge >= 0.3 is 0 Å². The van der Waals surface area contributed by atoms with Crippen molar-refractivity contribution in [2.75, 3.05) is 33.8 Å². The summed E-state index contributed by atoms with van der Waals surface area (Å²) in [5, 5.41) is 0. The smallest absolute Gasteiger partial charge is 0.0834 e. The van der Waals surface area contributed by atoms with E-state index in [0.29, 0.717) is 5.92 Å². The van der Waals surface area contributed by atoms with Crippen LogP contribution >= 0.6 is 0 Å². The van der Waals surface area contributed by atoms with Crippen LogP contribution in [0.5, 0.6) is 0 Å². The van der Waals surface area contributed by atoms with Gasteiger partial charge in [0, 0.05) is 5.92 Å². The quantitative estimate of drug-likeness (QED) is 0.466. The highest BCUT2D eigenvalue weighted by Crippen LogP contribution is 2.19. The van der Waals surface area contributed by atoms with Gasteiger partial charge in [-0.1, -0.05) is 0 Å². The van der Waals surface area contributed by atoms with Crippen LogP contribution in [0.4, 0.5) is 0 Å². The number of hydrogen-bond acceptors (Lipinski definition) is 2. The van der Waals surface area contributed by atoms with Crippen molar-refractivity contribution in [3.8, 4) is 0 Å². The standard InChI is InChI=1S/C8H19N2O/c1-10(2)5-3-4-8(6-10)7-11-9/h8H,3-7,9H2,1-2H3/q+1. The maximum atomic E-state index is 5.04. The summed E-state index contributed by atoms with van der Waals surface area (Å²) in [4.78, 5) is 4.66. The molecular formula is C8H19N2O+. The van der Waals surface area contributed by atoms with Gasteiger partial charge in [0.1, 0.15) is 0 Å². The predicted molar refractivity (Wildman–Crippen MR) is 44.7 cm³/mol. The molecule has 1 aliphatic rings. The van der Waals surface area contributed by atoms with Crippen LogP contribution in [0.25, 0.3) is 0 Å². The number of hydrogen-bond donors (Lipinski definition) is 1. The Morgan fingerprint density at radius 3 is 2.82 bits per heavy atom. The molecule has 1 heterocycles. The van der Waals surface area contributed by atoms with Crippen molar-refractivity contribution in [2.45, 2.75) is 12.8 Å². The van der Waals surface area contributed by atoms with Crippen molar-refractivity contribution in [3.63, 3.8) is 0 Å². The molecule has 1 aliphatic heterocycles. The average Bonchev–Trinajstić information content (AvgIpc) is 1.85. The number of nitrogens with two attached hydrogens (primary N) is 1. The molecule has 3 heteroatoms. The molecule has 3 nitrogen and oxygen atoms in total. The fourth-order valence-electron chi connectivity index (χ4n) is 1.96. The first-order valence-electron chi connectivity index (χ1n) is 4.28. The van der Waals surface area contributed by atoms with E-state index in [0.717, 1.165) is 11.1 Å². The van der Waals surface area contributed by atoms with Gasteiger partial charge in [-0.3, -0.25) is 0 Å². The van der Waals surface area contributed by atoms with Crippen LogP contribution in [0, 0.1) is 5.92 Å². The van der Waals surface area contributed by atoms with Gasteiger partial charge in [0.2, 0.25) is 0 Å². The van der Waals surface area contributed by atoms with E-state index in [1.165, 1.54) is 25.9 Å². The van der Waals surface area contributed by atoms with E-state index < -0.39 is 0 Å². The normalized spacial score (nSPS) is 30.3. The van der Waals surface area contributed by atoms with E-state index in [1.807, 2.05) is 0 Å². The largest absolute Gasteiger partial charge is 0.328 e. The Bertz CT molecular complexity index is 123. The third-order valence-electron chi connectivity index (χ3n) is 2.46. The van der Waals surface area contributed by atoms with Gasteiger partial charge in [-0.15, -0.1) is 0 Å². The van der Waals surface area contributed by atoms with Crippen LogP contribution in [-0.4, -0.2) is 38.3 Å². The van der Waals surface area contributed by atoms with Crippen molar-refractivity contribution in [3.05, 3.63) is 0 Å². The van der Waals surface area contributed by atoms with Crippen LogP contribution in [0.15, 0.2) is 0 Å². The lowest BCUT2D eigenvalue weighted by Crippen LogP contribution is -2.48. The first-order valence-corrected chi connectivity index (χ1v) is 4.28. The molecule has 1 saturated heterocycles. The summed E-state index contributed by atoms with van der Waals surface area (Å²) in [6.07, 6.45) is 2.58. The Morgan fingerprint density at radius 1 is 1.55 bits per heavy atom. The second kappa shape index (κ2) is 3.52. The summed E-state index contributed by atoms with van der Waals surface area (Å²) in [6, 6.07) is 0. The van der Waals surface area contributed by atoms with Gasteiger partial charge in [0.15, 0.2) is 0 Å². The van der Waals surface area contributed by atoms with Gasteiger partial charge < -0.3 is 9.32 Å². The summed E-state index contributed by atoms with van der Waals surface area (Å²) in [5.74, 6) is 5.71. The van der Waals surface area contributed by atoms with Gasteiger partial charge in [0.25, 0.3) is 0 Å². The minimum absolute atomic E-state index is 0.670. The summed E-state index contributed by atoms with van der Waals surface area (Å²) in [5.41, 5.74) is 0. The third kappa shape index (κ3) is 2.77. The molecule has 2 N–H and O–H groups in total. The van der Waals surface area contributed by atoms with Crippen molar-refractivity contribution < 1.29 is 9.32 Å². The monoisotopic (exact) mass is 159 g/mol. The minimum atomic E-state index is 0.670. The topological polar surface area (TPSA) is 35.2 Å². The number of rotatable bonds is 2. The lowest BCUT2D eigenvalue weighted by Gasteiger charge is -2.37. The molecule has 1 unspecified atom stereocenters. The van der Waals surface area contributed by atoms with E-state index in [1.54, 1.807) is 0 Å². The van der Waals surface area contributed by atoms with Crippen molar-refractivity contribution in [2.24, 2.45) is 11.8 Å². The highest BCUT2D eigenvalue weighted by molar-refractivity contribution is 4.62. The lowest BCUT2D eigenvalue weighted by atomic mass is 9.98. The zero-order chi connectivity index (χ0) is 8.32. The Labute approximate surface area is 68.7 Å². The molecule has 0 saturated carbocycles. The van der Waals surface area contributed by atoms with E-state index >= 15 is 0 Å². The van der Waals surface area contributed by atoms with Gasteiger partial charge in [-0.25, -0.2) is 5.90 Å². The maximum Gasteiger partial charge on any atom is 0.0834 e. The molecule has 0 radical (unpaired) electrons. The molecule has 0 spiro atoms. The average molecular weight is 159 g/mol. The molecule has 0 amide bonds. The van der Waals surface area contributed by atoms with Crippen molar-refractivity contribution >= 4 is 0 Å². The molecule has 0 aliphatic carbocycles. The Kier molecular flexibility index (Phi) is 2.87. The van der Waals surface area contributed by atoms with E-state index in [4.69, 9.17) is 5.90 Å². The SMILES string of the molecule is C[N+]1(C)CCCC(CON)C1. The summed E-state index contributed by atoms with van der Waals surface area (Å²) in [6.45, 7) is 3.22. The molecule has 66 valence electrons. The predicted octanol–water partition coefficient (Wildman–Crippen LogP) is 0.363. The second-order valence-corrected chi connectivity index (χ2v) is 4.18. The van der Waals surface area contributed by atoms with Crippen LogP contribution in [0.3, 0.4) is 0 Å². The van der Waals surface area contributed by atoms with Gasteiger partial charge in [-0.2, -0.15) is 0 Å².